The van der Waals surface area contributed by atoms with Gasteiger partial charge in [-0.15, -0.1) is 11.8 Å². The number of benzene rings is 1. The number of hydrogen-bond acceptors (Lipinski definition) is 4. The molecule has 6 heteroatoms. The standard InChI is InChI=1S/C11H15ClN2O2S/c1-6(15)7(2)17-10-5-8(12)3-4-9(10)11(13)14-16/h3-7,15-16H,1-2H3,(H2,13,14). The molecule has 1 aromatic carbocycles. The molecule has 0 bridgehead atoms. The second kappa shape index (κ2) is 6.14. The molecule has 0 saturated heterocycles. The summed E-state index contributed by atoms with van der Waals surface area (Å²) in [5.74, 6) is 0.0296. The SMILES string of the molecule is CC(O)C(C)Sc1cc(Cl)ccc1/C(N)=N/O. The third kappa shape index (κ3) is 3.80. The molecule has 0 aliphatic heterocycles. The lowest BCUT2D eigenvalue weighted by Crippen LogP contribution is -2.18. The quantitative estimate of drug-likeness (QED) is 0.259. The van der Waals surface area contributed by atoms with Crippen LogP contribution in [0.15, 0.2) is 28.3 Å². The molecule has 1 rings (SSSR count). The molecule has 0 aliphatic carbocycles. The van der Waals surface area contributed by atoms with Gasteiger partial charge >= 0.3 is 0 Å². The van der Waals surface area contributed by atoms with Crippen LogP contribution in [-0.4, -0.2) is 27.5 Å². The Bertz CT molecular complexity index is 424. The van der Waals surface area contributed by atoms with Crippen LogP contribution in [0, 0.1) is 0 Å². The Hall–Kier alpha value is -0.910. The lowest BCUT2D eigenvalue weighted by Gasteiger charge is -2.16. The number of aliphatic hydroxyl groups excluding tert-OH is 1. The van der Waals surface area contributed by atoms with Gasteiger partial charge in [0.25, 0.3) is 0 Å². The van der Waals surface area contributed by atoms with Crippen molar-refractivity contribution >= 4 is 29.2 Å². The van der Waals surface area contributed by atoms with Crippen molar-refractivity contribution in [2.24, 2.45) is 10.9 Å². The molecule has 0 heterocycles. The lowest BCUT2D eigenvalue weighted by molar-refractivity contribution is 0.196. The molecule has 0 spiro atoms. The van der Waals surface area contributed by atoms with E-state index in [2.05, 4.69) is 5.16 Å². The van der Waals surface area contributed by atoms with Crippen LogP contribution in [0.25, 0.3) is 0 Å². The van der Waals surface area contributed by atoms with Crippen LogP contribution in [0.5, 0.6) is 0 Å². The van der Waals surface area contributed by atoms with Gasteiger partial charge in [-0.3, -0.25) is 0 Å². The van der Waals surface area contributed by atoms with Gasteiger partial charge < -0.3 is 16.0 Å². The van der Waals surface area contributed by atoms with E-state index in [0.29, 0.717) is 10.6 Å². The summed E-state index contributed by atoms with van der Waals surface area (Å²) >= 11 is 7.34. The molecule has 0 radical (unpaired) electrons. The summed E-state index contributed by atoms with van der Waals surface area (Å²) in [5, 5.41) is 21.7. The number of oxime groups is 1. The maximum absolute atomic E-state index is 9.47. The zero-order valence-electron chi connectivity index (χ0n) is 9.59. The molecule has 17 heavy (non-hydrogen) atoms. The van der Waals surface area contributed by atoms with Gasteiger partial charge in [-0.25, -0.2) is 0 Å². The van der Waals surface area contributed by atoms with E-state index in [9.17, 15) is 5.11 Å². The minimum Gasteiger partial charge on any atom is -0.409 e. The van der Waals surface area contributed by atoms with E-state index in [1.54, 1.807) is 25.1 Å². The summed E-state index contributed by atoms with van der Waals surface area (Å²) in [6.07, 6.45) is -0.459. The molecule has 1 aromatic rings. The van der Waals surface area contributed by atoms with Gasteiger partial charge in [0.05, 0.1) is 6.10 Å². The van der Waals surface area contributed by atoms with Gasteiger partial charge in [-0.1, -0.05) is 23.7 Å². The summed E-state index contributed by atoms with van der Waals surface area (Å²) in [6.45, 7) is 3.61. The highest BCUT2D eigenvalue weighted by molar-refractivity contribution is 8.00. The first-order valence-corrected chi connectivity index (χ1v) is 6.33. The summed E-state index contributed by atoms with van der Waals surface area (Å²) in [6, 6.07) is 5.10. The van der Waals surface area contributed by atoms with Gasteiger partial charge in [-0.05, 0) is 25.1 Å². The zero-order valence-corrected chi connectivity index (χ0v) is 11.2. The van der Waals surface area contributed by atoms with Gasteiger partial charge in [0, 0.05) is 20.7 Å². The summed E-state index contributed by atoms with van der Waals surface area (Å²) in [7, 11) is 0. The Kier molecular flexibility index (Phi) is 5.11. The fourth-order valence-corrected chi connectivity index (χ4v) is 2.49. The summed E-state index contributed by atoms with van der Waals surface area (Å²) < 4.78 is 0. The highest BCUT2D eigenvalue weighted by Gasteiger charge is 2.15. The topological polar surface area (TPSA) is 78.8 Å². The van der Waals surface area contributed by atoms with Gasteiger partial charge in [0.15, 0.2) is 5.84 Å². The van der Waals surface area contributed by atoms with Crippen LogP contribution in [0.2, 0.25) is 5.02 Å². The van der Waals surface area contributed by atoms with E-state index in [4.69, 9.17) is 22.5 Å². The average Bonchev–Trinajstić information content (AvgIpc) is 2.28. The number of hydrogen-bond donors (Lipinski definition) is 3. The number of rotatable bonds is 4. The molecule has 0 amide bonds. The van der Waals surface area contributed by atoms with E-state index in [1.807, 2.05) is 6.92 Å². The van der Waals surface area contributed by atoms with E-state index in [0.717, 1.165) is 4.90 Å². The van der Waals surface area contributed by atoms with Crippen LogP contribution < -0.4 is 5.73 Å². The second-order valence-corrected chi connectivity index (χ2v) is 5.54. The predicted molar refractivity (Wildman–Crippen MR) is 71.0 cm³/mol. The fraction of sp³-hybridized carbons (Fsp3) is 0.364. The van der Waals surface area contributed by atoms with Crippen molar-refractivity contribution < 1.29 is 10.3 Å². The summed E-state index contributed by atoms with van der Waals surface area (Å²) in [5.41, 5.74) is 6.18. The smallest absolute Gasteiger partial charge is 0.171 e. The Morgan fingerprint density at radius 2 is 2.12 bits per heavy atom. The third-order valence-corrected chi connectivity index (χ3v) is 3.91. The van der Waals surface area contributed by atoms with Gasteiger partial charge in [-0.2, -0.15) is 0 Å². The van der Waals surface area contributed by atoms with Crippen molar-refractivity contribution in [2.45, 2.75) is 30.1 Å². The van der Waals surface area contributed by atoms with Crippen molar-refractivity contribution in [3.63, 3.8) is 0 Å². The van der Waals surface area contributed by atoms with Crippen molar-refractivity contribution in [1.29, 1.82) is 0 Å². The van der Waals surface area contributed by atoms with Crippen molar-refractivity contribution in [1.82, 2.24) is 0 Å². The third-order valence-electron chi connectivity index (χ3n) is 2.32. The molecule has 0 fully saturated rings. The van der Waals surface area contributed by atoms with E-state index in [1.165, 1.54) is 11.8 Å². The molecule has 0 aromatic heterocycles. The number of halogens is 1. The average molecular weight is 275 g/mol. The number of aliphatic hydroxyl groups is 1. The monoisotopic (exact) mass is 274 g/mol. The maximum Gasteiger partial charge on any atom is 0.171 e. The molecule has 4 nitrogen and oxygen atoms in total. The predicted octanol–water partition coefficient (Wildman–Crippen LogP) is 2.30. The van der Waals surface area contributed by atoms with Crippen molar-refractivity contribution in [2.75, 3.05) is 0 Å². The molecular weight excluding hydrogens is 260 g/mol. The first-order valence-electron chi connectivity index (χ1n) is 5.08. The zero-order chi connectivity index (χ0) is 13.0. The lowest BCUT2D eigenvalue weighted by atomic mass is 10.2. The molecule has 4 N–H and O–H groups in total. The number of nitrogens with two attached hydrogens (primary N) is 1. The molecule has 2 unspecified atom stereocenters. The normalized spacial score (nSPS) is 15.6. The van der Waals surface area contributed by atoms with Crippen LogP contribution in [0.1, 0.15) is 19.4 Å². The fourth-order valence-electron chi connectivity index (χ4n) is 1.16. The molecule has 2 atom stereocenters. The van der Waals surface area contributed by atoms with E-state index >= 15 is 0 Å². The Morgan fingerprint density at radius 1 is 1.47 bits per heavy atom. The van der Waals surface area contributed by atoms with Crippen LogP contribution in [-0.2, 0) is 0 Å². The summed E-state index contributed by atoms with van der Waals surface area (Å²) in [4.78, 5) is 0.779. The van der Waals surface area contributed by atoms with Gasteiger partial charge in [0.2, 0.25) is 0 Å². The molecule has 0 saturated carbocycles. The van der Waals surface area contributed by atoms with E-state index < -0.39 is 6.10 Å². The molecule has 94 valence electrons. The molecular formula is C11H15ClN2O2S. The van der Waals surface area contributed by atoms with Crippen LogP contribution in [0.4, 0.5) is 0 Å². The highest BCUT2D eigenvalue weighted by atomic mass is 35.5. The van der Waals surface area contributed by atoms with Crippen molar-refractivity contribution in [3.8, 4) is 0 Å². The first-order chi connectivity index (χ1) is 7.95. The first kappa shape index (κ1) is 14.2. The van der Waals surface area contributed by atoms with Crippen LogP contribution >= 0.6 is 23.4 Å². The minimum atomic E-state index is -0.459. The van der Waals surface area contributed by atoms with Gasteiger partial charge in [0.1, 0.15) is 0 Å². The van der Waals surface area contributed by atoms with E-state index in [-0.39, 0.29) is 11.1 Å². The Balaban J connectivity index is 3.07. The number of thioether (sulfide) groups is 1. The minimum absolute atomic E-state index is 0.0151. The maximum atomic E-state index is 9.47. The largest absolute Gasteiger partial charge is 0.409 e. The number of amidine groups is 1. The Morgan fingerprint density at radius 3 is 2.65 bits per heavy atom. The van der Waals surface area contributed by atoms with Crippen molar-refractivity contribution in [3.05, 3.63) is 28.8 Å². The highest BCUT2D eigenvalue weighted by Crippen LogP contribution is 2.30. The molecule has 0 aliphatic rings. The number of nitrogens with zero attached hydrogens (tertiary/aromatic N) is 1. The van der Waals surface area contributed by atoms with Crippen LogP contribution in [0.3, 0.4) is 0 Å². The second-order valence-electron chi connectivity index (χ2n) is 3.69. The Labute approximate surface area is 109 Å².